The van der Waals surface area contributed by atoms with Crippen LogP contribution in [0.15, 0.2) is 47.1 Å². The Morgan fingerprint density at radius 1 is 1.16 bits per heavy atom. The van der Waals surface area contributed by atoms with Crippen molar-refractivity contribution in [2.75, 3.05) is 5.32 Å². The van der Waals surface area contributed by atoms with Crippen molar-refractivity contribution in [2.45, 2.75) is 26.5 Å². The molecule has 0 radical (unpaired) electrons. The van der Waals surface area contributed by atoms with Gasteiger partial charge in [0.05, 0.1) is 6.10 Å². The van der Waals surface area contributed by atoms with E-state index in [0.717, 1.165) is 22.6 Å². The van der Waals surface area contributed by atoms with Crippen LogP contribution in [0.2, 0.25) is 0 Å². The van der Waals surface area contributed by atoms with Crippen LogP contribution >= 0.6 is 15.9 Å². The number of rotatable bonds is 5. The molecule has 0 aliphatic heterocycles. The maximum absolute atomic E-state index is 5.61. The summed E-state index contributed by atoms with van der Waals surface area (Å²) in [5, 5.41) is 3.28. The lowest BCUT2D eigenvalue weighted by Crippen LogP contribution is -2.05. The van der Waals surface area contributed by atoms with Crippen molar-refractivity contribution in [1.29, 1.82) is 0 Å². The highest BCUT2D eigenvalue weighted by molar-refractivity contribution is 9.10. The van der Waals surface area contributed by atoms with Gasteiger partial charge in [-0.15, -0.1) is 0 Å². The number of ether oxygens (including phenoxy) is 1. The van der Waals surface area contributed by atoms with Gasteiger partial charge in [0.1, 0.15) is 11.6 Å². The smallest absolute Gasteiger partial charge is 0.126 e. The molecule has 0 fully saturated rings. The zero-order valence-corrected chi connectivity index (χ0v) is 12.6. The average molecular weight is 321 g/mol. The van der Waals surface area contributed by atoms with E-state index in [1.54, 1.807) is 6.20 Å². The summed E-state index contributed by atoms with van der Waals surface area (Å²) in [7, 11) is 0. The minimum Gasteiger partial charge on any atom is -0.491 e. The van der Waals surface area contributed by atoms with Crippen molar-refractivity contribution in [2.24, 2.45) is 0 Å². The van der Waals surface area contributed by atoms with Crippen LogP contribution in [0.25, 0.3) is 0 Å². The molecule has 0 bridgehead atoms. The molecular formula is C15H17BrN2O. The molecule has 0 atom stereocenters. The molecule has 1 aromatic heterocycles. The van der Waals surface area contributed by atoms with Gasteiger partial charge in [-0.25, -0.2) is 4.98 Å². The third-order valence-electron chi connectivity index (χ3n) is 2.50. The zero-order valence-electron chi connectivity index (χ0n) is 11.1. The van der Waals surface area contributed by atoms with E-state index in [0.29, 0.717) is 0 Å². The van der Waals surface area contributed by atoms with E-state index in [9.17, 15) is 0 Å². The van der Waals surface area contributed by atoms with Crippen molar-refractivity contribution < 1.29 is 4.74 Å². The molecule has 0 aliphatic rings. The van der Waals surface area contributed by atoms with E-state index in [1.807, 2.05) is 38.1 Å². The second kappa shape index (κ2) is 6.57. The van der Waals surface area contributed by atoms with Gasteiger partial charge in [0.15, 0.2) is 0 Å². The molecule has 1 aromatic carbocycles. The van der Waals surface area contributed by atoms with Crippen molar-refractivity contribution in [3.63, 3.8) is 0 Å². The summed E-state index contributed by atoms with van der Waals surface area (Å²) in [6.45, 7) is 4.79. The van der Waals surface area contributed by atoms with Gasteiger partial charge >= 0.3 is 0 Å². The van der Waals surface area contributed by atoms with Crippen LogP contribution in [-0.4, -0.2) is 11.1 Å². The highest BCUT2D eigenvalue weighted by Gasteiger charge is 1.99. The molecular weight excluding hydrogens is 304 g/mol. The van der Waals surface area contributed by atoms with E-state index >= 15 is 0 Å². The van der Waals surface area contributed by atoms with Crippen LogP contribution in [0.4, 0.5) is 5.82 Å². The molecule has 0 aliphatic carbocycles. The highest BCUT2D eigenvalue weighted by atomic mass is 79.9. The van der Waals surface area contributed by atoms with Crippen molar-refractivity contribution in [1.82, 2.24) is 4.98 Å². The number of anilines is 1. The Bertz CT molecular complexity index is 509. The monoisotopic (exact) mass is 320 g/mol. The standard InChI is InChI=1S/C15H17BrN2O/c1-11(2)19-14-6-3-12(4-7-14)9-17-15-8-5-13(16)10-18-15/h3-8,10-11H,9H2,1-2H3,(H,17,18). The molecule has 0 saturated carbocycles. The fourth-order valence-corrected chi connectivity index (χ4v) is 1.87. The number of nitrogens with one attached hydrogen (secondary N) is 1. The Morgan fingerprint density at radius 3 is 2.47 bits per heavy atom. The number of hydrogen-bond donors (Lipinski definition) is 1. The Labute approximate surface area is 122 Å². The predicted octanol–water partition coefficient (Wildman–Crippen LogP) is 4.24. The summed E-state index contributed by atoms with van der Waals surface area (Å²) >= 11 is 3.36. The third-order valence-corrected chi connectivity index (χ3v) is 2.97. The summed E-state index contributed by atoms with van der Waals surface area (Å²) in [6.07, 6.45) is 1.98. The second-order valence-electron chi connectivity index (χ2n) is 4.53. The van der Waals surface area contributed by atoms with Crippen LogP contribution in [0.3, 0.4) is 0 Å². The zero-order chi connectivity index (χ0) is 13.7. The van der Waals surface area contributed by atoms with Gasteiger partial charge in [-0.05, 0) is 59.6 Å². The normalized spacial score (nSPS) is 10.5. The van der Waals surface area contributed by atoms with Gasteiger partial charge < -0.3 is 10.1 Å². The van der Waals surface area contributed by atoms with Gasteiger partial charge in [0.25, 0.3) is 0 Å². The lowest BCUT2D eigenvalue weighted by molar-refractivity contribution is 0.242. The molecule has 0 unspecified atom stereocenters. The number of benzene rings is 1. The molecule has 3 nitrogen and oxygen atoms in total. The molecule has 1 heterocycles. The molecule has 4 heteroatoms. The van der Waals surface area contributed by atoms with Gasteiger partial charge in [0.2, 0.25) is 0 Å². The van der Waals surface area contributed by atoms with E-state index in [4.69, 9.17) is 4.74 Å². The highest BCUT2D eigenvalue weighted by Crippen LogP contribution is 2.15. The summed E-state index contributed by atoms with van der Waals surface area (Å²) < 4.78 is 6.59. The first-order chi connectivity index (χ1) is 9.13. The second-order valence-corrected chi connectivity index (χ2v) is 5.44. The number of aromatic nitrogens is 1. The first-order valence-electron chi connectivity index (χ1n) is 6.24. The van der Waals surface area contributed by atoms with E-state index < -0.39 is 0 Å². The fourth-order valence-electron chi connectivity index (χ4n) is 1.63. The summed E-state index contributed by atoms with van der Waals surface area (Å²) in [5.41, 5.74) is 1.20. The third kappa shape index (κ3) is 4.56. The Morgan fingerprint density at radius 2 is 1.89 bits per heavy atom. The molecule has 0 saturated heterocycles. The Balaban J connectivity index is 1.91. The van der Waals surface area contributed by atoms with Gasteiger partial charge in [0, 0.05) is 17.2 Å². The van der Waals surface area contributed by atoms with Gasteiger partial charge in [-0.2, -0.15) is 0 Å². The molecule has 2 aromatic rings. The van der Waals surface area contributed by atoms with Crippen molar-refractivity contribution >= 4 is 21.7 Å². The Hall–Kier alpha value is -1.55. The van der Waals surface area contributed by atoms with Crippen LogP contribution < -0.4 is 10.1 Å². The fraction of sp³-hybridized carbons (Fsp3) is 0.267. The van der Waals surface area contributed by atoms with Crippen LogP contribution in [-0.2, 0) is 6.54 Å². The summed E-state index contributed by atoms with van der Waals surface area (Å²) in [4.78, 5) is 4.27. The maximum atomic E-state index is 5.61. The van der Waals surface area contributed by atoms with E-state index in [1.165, 1.54) is 5.56 Å². The van der Waals surface area contributed by atoms with E-state index in [-0.39, 0.29) is 6.10 Å². The van der Waals surface area contributed by atoms with Gasteiger partial charge in [-0.1, -0.05) is 12.1 Å². The van der Waals surface area contributed by atoms with E-state index in [2.05, 4.69) is 38.4 Å². The summed E-state index contributed by atoms with van der Waals surface area (Å²) in [6, 6.07) is 12.0. The molecule has 1 N–H and O–H groups in total. The molecule has 0 amide bonds. The minimum absolute atomic E-state index is 0.205. The van der Waals surface area contributed by atoms with Gasteiger partial charge in [-0.3, -0.25) is 0 Å². The van der Waals surface area contributed by atoms with Crippen LogP contribution in [0.1, 0.15) is 19.4 Å². The lowest BCUT2D eigenvalue weighted by atomic mass is 10.2. The lowest BCUT2D eigenvalue weighted by Gasteiger charge is -2.10. The largest absolute Gasteiger partial charge is 0.491 e. The SMILES string of the molecule is CC(C)Oc1ccc(CNc2ccc(Br)cn2)cc1. The number of hydrogen-bond acceptors (Lipinski definition) is 3. The predicted molar refractivity (Wildman–Crippen MR) is 81.5 cm³/mol. The average Bonchev–Trinajstić information content (AvgIpc) is 2.39. The number of halogens is 1. The van der Waals surface area contributed by atoms with Crippen molar-refractivity contribution in [3.8, 4) is 5.75 Å². The molecule has 0 spiro atoms. The number of nitrogens with zero attached hydrogens (tertiary/aromatic N) is 1. The van der Waals surface area contributed by atoms with Crippen LogP contribution in [0, 0.1) is 0 Å². The topological polar surface area (TPSA) is 34.1 Å². The maximum Gasteiger partial charge on any atom is 0.126 e. The van der Waals surface area contributed by atoms with Crippen LogP contribution in [0.5, 0.6) is 5.75 Å². The molecule has 2 rings (SSSR count). The molecule has 100 valence electrons. The number of pyridine rings is 1. The quantitative estimate of drug-likeness (QED) is 0.894. The Kier molecular flexibility index (Phi) is 4.80. The van der Waals surface area contributed by atoms with Crippen molar-refractivity contribution in [3.05, 3.63) is 52.6 Å². The molecule has 19 heavy (non-hydrogen) atoms. The minimum atomic E-state index is 0.205. The first kappa shape index (κ1) is 13.9. The summed E-state index contributed by atoms with van der Waals surface area (Å²) in [5.74, 6) is 1.77. The first-order valence-corrected chi connectivity index (χ1v) is 7.04.